The van der Waals surface area contributed by atoms with E-state index >= 15 is 0 Å². The van der Waals surface area contributed by atoms with Crippen LogP contribution in [0.2, 0.25) is 0 Å². The smallest absolute Gasteiger partial charge is 0.323 e. The van der Waals surface area contributed by atoms with Crippen molar-refractivity contribution in [2.75, 3.05) is 14.1 Å². The van der Waals surface area contributed by atoms with Gasteiger partial charge in [0.15, 0.2) is 0 Å². The van der Waals surface area contributed by atoms with Crippen molar-refractivity contribution in [3.8, 4) is 0 Å². The molecular weight excluding hydrogens is 311 g/mol. The first-order valence-corrected chi connectivity index (χ1v) is 8.44. The van der Waals surface area contributed by atoms with E-state index in [-0.39, 0.29) is 5.41 Å². The van der Waals surface area contributed by atoms with E-state index in [1.807, 2.05) is 41.8 Å². The maximum absolute atomic E-state index is 12.5. The first-order chi connectivity index (χ1) is 11.0. The molecular formula is C20H34F3N. The minimum atomic E-state index is -4.26. The molecule has 0 aliphatic rings. The lowest BCUT2D eigenvalue weighted by molar-refractivity contribution is -0.137. The van der Waals surface area contributed by atoms with Crippen LogP contribution in [0.1, 0.15) is 65.5 Å². The Bertz CT molecular complexity index is 453. The Morgan fingerprint density at radius 1 is 0.958 bits per heavy atom. The van der Waals surface area contributed by atoms with Crippen LogP contribution in [-0.4, -0.2) is 14.1 Å². The Hall–Kier alpha value is -1.29. The van der Waals surface area contributed by atoms with Crippen molar-refractivity contribution in [3.05, 3.63) is 47.0 Å². The van der Waals surface area contributed by atoms with Gasteiger partial charge in [0, 0.05) is 0 Å². The van der Waals surface area contributed by atoms with E-state index in [9.17, 15) is 13.2 Å². The molecule has 0 aliphatic heterocycles. The summed E-state index contributed by atoms with van der Waals surface area (Å²) in [5.41, 5.74) is 1.51. The molecule has 140 valence electrons. The molecule has 1 nitrogen and oxygen atoms in total. The average molecular weight is 345 g/mol. The molecule has 0 atom stereocenters. The summed E-state index contributed by atoms with van der Waals surface area (Å²) < 4.78 is 37.5. The van der Waals surface area contributed by atoms with Crippen LogP contribution in [0, 0.1) is 0 Å². The van der Waals surface area contributed by atoms with Gasteiger partial charge in [0.2, 0.25) is 0 Å². The lowest BCUT2D eigenvalue weighted by Crippen LogP contribution is -2.17. The SMILES string of the molecule is CC.CC(C)=CCCC(C)(C)c1ccc(C(F)(F)F)cc1.CNC. The summed E-state index contributed by atoms with van der Waals surface area (Å²) in [6.07, 6.45) is -0.240. The zero-order chi connectivity index (χ0) is 19.4. The van der Waals surface area contributed by atoms with Gasteiger partial charge in [-0.05, 0) is 63.9 Å². The number of hydrogen-bond acceptors (Lipinski definition) is 1. The number of allylic oxidation sites excluding steroid dienone is 2. The molecule has 0 unspecified atom stereocenters. The highest BCUT2D eigenvalue weighted by molar-refractivity contribution is 5.29. The fourth-order valence-corrected chi connectivity index (χ4v) is 1.98. The van der Waals surface area contributed by atoms with Crippen LogP contribution in [-0.2, 0) is 11.6 Å². The quantitative estimate of drug-likeness (QED) is 0.607. The Kier molecular flexibility index (Phi) is 12.6. The number of nitrogens with one attached hydrogen (secondary N) is 1. The molecule has 0 aromatic heterocycles. The topological polar surface area (TPSA) is 12.0 Å². The Morgan fingerprint density at radius 2 is 1.33 bits per heavy atom. The van der Waals surface area contributed by atoms with E-state index in [1.165, 1.54) is 5.57 Å². The molecule has 0 spiro atoms. The van der Waals surface area contributed by atoms with Crippen LogP contribution in [0.25, 0.3) is 0 Å². The van der Waals surface area contributed by atoms with Gasteiger partial charge in [0.05, 0.1) is 5.56 Å². The first-order valence-electron chi connectivity index (χ1n) is 8.44. The molecule has 0 amide bonds. The zero-order valence-corrected chi connectivity index (χ0v) is 16.4. The number of halogens is 3. The monoisotopic (exact) mass is 345 g/mol. The Morgan fingerprint density at radius 3 is 1.67 bits per heavy atom. The third-order valence-corrected chi connectivity index (χ3v) is 3.32. The molecule has 0 saturated heterocycles. The predicted molar refractivity (Wildman–Crippen MR) is 99.5 cm³/mol. The summed E-state index contributed by atoms with van der Waals surface area (Å²) >= 11 is 0. The van der Waals surface area contributed by atoms with Crippen LogP contribution in [0.3, 0.4) is 0 Å². The molecule has 0 heterocycles. The molecule has 1 N–H and O–H groups in total. The van der Waals surface area contributed by atoms with Gasteiger partial charge in [-0.15, -0.1) is 0 Å². The van der Waals surface area contributed by atoms with Gasteiger partial charge in [0.1, 0.15) is 0 Å². The molecule has 24 heavy (non-hydrogen) atoms. The summed E-state index contributed by atoms with van der Waals surface area (Å²) in [6, 6.07) is 5.51. The standard InChI is InChI=1S/C16H21F3.C2H7N.C2H6/c1-12(2)6-5-11-15(3,4)13-7-9-14(10-8-13)16(17,18)19;1-3-2;1-2/h6-10H,5,11H2,1-4H3;3H,1-2H3;1-2H3. The predicted octanol–water partition coefficient (Wildman–Crippen LogP) is 6.59. The summed E-state index contributed by atoms with van der Waals surface area (Å²) in [4.78, 5) is 0. The highest BCUT2D eigenvalue weighted by atomic mass is 19.4. The van der Waals surface area contributed by atoms with E-state index in [1.54, 1.807) is 12.1 Å². The lowest BCUT2D eigenvalue weighted by atomic mass is 9.80. The second-order valence-electron chi connectivity index (χ2n) is 6.28. The Balaban J connectivity index is 0. The normalized spacial score (nSPS) is 10.8. The summed E-state index contributed by atoms with van der Waals surface area (Å²) in [6.45, 7) is 12.2. The maximum atomic E-state index is 12.5. The molecule has 0 fully saturated rings. The number of hydrogen-bond donors (Lipinski definition) is 1. The van der Waals surface area contributed by atoms with Crippen molar-refractivity contribution in [2.24, 2.45) is 0 Å². The van der Waals surface area contributed by atoms with Crippen molar-refractivity contribution in [2.45, 2.75) is 66.0 Å². The minimum absolute atomic E-state index is 0.115. The van der Waals surface area contributed by atoms with E-state index in [0.29, 0.717) is 0 Å². The third-order valence-electron chi connectivity index (χ3n) is 3.32. The van der Waals surface area contributed by atoms with Gasteiger partial charge >= 0.3 is 6.18 Å². The summed E-state index contributed by atoms with van der Waals surface area (Å²) in [7, 11) is 3.75. The number of alkyl halides is 3. The maximum Gasteiger partial charge on any atom is 0.416 e. The fraction of sp³-hybridized carbons (Fsp3) is 0.600. The molecule has 0 bridgehead atoms. The van der Waals surface area contributed by atoms with E-state index in [4.69, 9.17) is 0 Å². The molecule has 0 saturated carbocycles. The second-order valence-corrected chi connectivity index (χ2v) is 6.28. The Labute approximate surface area is 146 Å². The van der Waals surface area contributed by atoms with Crippen LogP contribution in [0.15, 0.2) is 35.9 Å². The van der Waals surface area contributed by atoms with Gasteiger partial charge in [-0.1, -0.05) is 51.5 Å². The zero-order valence-electron chi connectivity index (χ0n) is 16.4. The molecule has 4 heteroatoms. The largest absolute Gasteiger partial charge is 0.416 e. The summed E-state index contributed by atoms with van der Waals surface area (Å²) in [5.74, 6) is 0. The van der Waals surface area contributed by atoms with Gasteiger partial charge < -0.3 is 5.32 Å². The average Bonchev–Trinajstić information content (AvgIpc) is 2.49. The molecule has 1 rings (SSSR count). The molecule has 0 radical (unpaired) electrons. The van der Waals surface area contributed by atoms with Crippen molar-refractivity contribution >= 4 is 0 Å². The second kappa shape index (κ2) is 12.1. The number of rotatable bonds is 4. The summed E-state index contributed by atoms with van der Waals surface area (Å²) in [5, 5.41) is 2.75. The van der Waals surface area contributed by atoms with Gasteiger partial charge in [-0.3, -0.25) is 0 Å². The van der Waals surface area contributed by atoms with Crippen molar-refractivity contribution < 1.29 is 13.2 Å². The van der Waals surface area contributed by atoms with Crippen molar-refractivity contribution in [3.63, 3.8) is 0 Å². The highest BCUT2D eigenvalue weighted by Gasteiger charge is 2.30. The van der Waals surface area contributed by atoms with Gasteiger partial charge in [0.25, 0.3) is 0 Å². The van der Waals surface area contributed by atoms with E-state index < -0.39 is 11.7 Å². The van der Waals surface area contributed by atoms with Crippen molar-refractivity contribution in [1.82, 2.24) is 5.32 Å². The van der Waals surface area contributed by atoms with Gasteiger partial charge in [-0.2, -0.15) is 13.2 Å². The van der Waals surface area contributed by atoms with Crippen LogP contribution >= 0.6 is 0 Å². The third kappa shape index (κ3) is 10.5. The number of benzene rings is 1. The molecule has 1 aromatic rings. The minimum Gasteiger partial charge on any atom is -0.323 e. The molecule has 1 aromatic carbocycles. The van der Waals surface area contributed by atoms with Crippen molar-refractivity contribution in [1.29, 1.82) is 0 Å². The van der Waals surface area contributed by atoms with E-state index in [0.717, 1.165) is 30.5 Å². The van der Waals surface area contributed by atoms with Crippen LogP contribution < -0.4 is 5.32 Å². The van der Waals surface area contributed by atoms with Crippen LogP contribution in [0.5, 0.6) is 0 Å². The van der Waals surface area contributed by atoms with Crippen LogP contribution in [0.4, 0.5) is 13.2 Å². The highest BCUT2D eigenvalue weighted by Crippen LogP contribution is 2.33. The lowest BCUT2D eigenvalue weighted by Gasteiger charge is -2.25. The first kappa shape index (κ1) is 25.0. The molecule has 0 aliphatic carbocycles. The van der Waals surface area contributed by atoms with E-state index in [2.05, 4.69) is 25.2 Å². The van der Waals surface area contributed by atoms with Gasteiger partial charge in [-0.25, -0.2) is 0 Å². The fourth-order valence-electron chi connectivity index (χ4n) is 1.98.